The fourth-order valence-corrected chi connectivity index (χ4v) is 1.92. The normalized spacial score (nSPS) is 17.5. The Morgan fingerprint density at radius 3 is 2.80 bits per heavy atom. The maximum absolute atomic E-state index is 13.5. The molecule has 1 aliphatic rings. The number of hydrogen-bond acceptors (Lipinski definition) is 1. The fraction of sp³-hybridized carbons (Fsp3) is 0.538. The quantitative estimate of drug-likeness (QED) is 0.793. The van der Waals surface area contributed by atoms with Gasteiger partial charge in [0.15, 0.2) is 0 Å². The van der Waals surface area contributed by atoms with Gasteiger partial charge in [-0.05, 0) is 43.9 Å². The third-order valence-electron chi connectivity index (χ3n) is 2.91. The van der Waals surface area contributed by atoms with Gasteiger partial charge in [-0.25, -0.2) is 4.39 Å². The highest BCUT2D eigenvalue weighted by atomic mass is 19.1. The first kappa shape index (κ1) is 10.5. The Morgan fingerprint density at radius 1 is 1.47 bits per heavy atom. The maximum Gasteiger partial charge on any atom is 0.146 e. The van der Waals surface area contributed by atoms with Crippen molar-refractivity contribution >= 4 is 5.69 Å². The van der Waals surface area contributed by atoms with Crippen molar-refractivity contribution in [1.29, 1.82) is 0 Å². The van der Waals surface area contributed by atoms with Crippen molar-refractivity contribution < 1.29 is 4.39 Å². The van der Waals surface area contributed by atoms with Crippen molar-refractivity contribution in [3.63, 3.8) is 0 Å². The predicted molar refractivity (Wildman–Crippen MR) is 61.6 cm³/mol. The van der Waals surface area contributed by atoms with Crippen molar-refractivity contribution in [3.8, 4) is 0 Å². The van der Waals surface area contributed by atoms with E-state index in [4.69, 9.17) is 0 Å². The van der Waals surface area contributed by atoms with Crippen molar-refractivity contribution in [3.05, 3.63) is 29.6 Å². The number of rotatable bonds is 4. The molecule has 0 aliphatic heterocycles. The number of nitrogens with one attached hydrogen (secondary N) is 1. The van der Waals surface area contributed by atoms with Gasteiger partial charge in [0.25, 0.3) is 0 Å². The number of anilines is 1. The van der Waals surface area contributed by atoms with Gasteiger partial charge in [0.05, 0.1) is 5.69 Å². The van der Waals surface area contributed by atoms with Crippen LogP contribution in [0.25, 0.3) is 0 Å². The topological polar surface area (TPSA) is 12.0 Å². The molecule has 82 valence electrons. The lowest BCUT2D eigenvalue weighted by Crippen LogP contribution is -2.16. The summed E-state index contributed by atoms with van der Waals surface area (Å²) in [6.45, 7) is 4.03. The Hall–Kier alpha value is -1.05. The van der Waals surface area contributed by atoms with E-state index in [1.54, 1.807) is 6.07 Å². The summed E-state index contributed by atoms with van der Waals surface area (Å²) in [5.74, 6) is 0.735. The fourth-order valence-electron chi connectivity index (χ4n) is 1.92. The molecule has 1 N–H and O–H groups in total. The lowest BCUT2D eigenvalue weighted by Gasteiger charge is -2.15. The molecule has 0 aromatic heterocycles. The van der Waals surface area contributed by atoms with Crippen molar-refractivity contribution in [2.75, 3.05) is 5.32 Å². The number of hydrogen-bond donors (Lipinski definition) is 1. The summed E-state index contributed by atoms with van der Waals surface area (Å²) in [6, 6.07) is 5.71. The smallest absolute Gasteiger partial charge is 0.146 e. The third-order valence-corrected chi connectivity index (χ3v) is 2.91. The average molecular weight is 207 g/mol. The van der Waals surface area contributed by atoms with E-state index in [9.17, 15) is 4.39 Å². The minimum Gasteiger partial charge on any atom is -0.380 e. The molecule has 0 saturated heterocycles. The summed E-state index contributed by atoms with van der Waals surface area (Å²) in [5.41, 5.74) is 1.60. The van der Waals surface area contributed by atoms with E-state index < -0.39 is 0 Å². The summed E-state index contributed by atoms with van der Waals surface area (Å²) in [4.78, 5) is 0. The molecule has 1 aromatic carbocycles. The van der Waals surface area contributed by atoms with E-state index in [0.29, 0.717) is 11.7 Å². The van der Waals surface area contributed by atoms with Gasteiger partial charge < -0.3 is 5.32 Å². The molecule has 1 nitrogen and oxygen atoms in total. The van der Waals surface area contributed by atoms with Crippen LogP contribution in [0.1, 0.15) is 31.7 Å². The molecular weight excluding hydrogens is 189 g/mol. The summed E-state index contributed by atoms with van der Waals surface area (Å²) >= 11 is 0. The van der Waals surface area contributed by atoms with Gasteiger partial charge in [-0.3, -0.25) is 0 Å². The largest absolute Gasteiger partial charge is 0.380 e. The highest BCUT2D eigenvalue weighted by Crippen LogP contribution is 2.34. The van der Waals surface area contributed by atoms with Gasteiger partial charge in [-0.15, -0.1) is 0 Å². The van der Waals surface area contributed by atoms with Gasteiger partial charge in [0, 0.05) is 6.04 Å². The molecule has 1 fully saturated rings. The van der Waals surface area contributed by atoms with E-state index in [1.807, 2.05) is 19.1 Å². The summed E-state index contributed by atoms with van der Waals surface area (Å²) in [5, 5.41) is 3.23. The molecule has 2 rings (SSSR count). The van der Waals surface area contributed by atoms with Crippen LogP contribution in [0.15, 0.2) is 18.2 Å². The van der Waals surface area contributed by atoms with Gasteiger partial charge in [0.2, 0.25) is 0 Å². The Morgan fingerprint density at radius 2 is 2.20 bits per heavy atom. The Kier molecular flexibility index (Phi) is 2.94. The molecule has 15 heavy (non-hydrogen) atoms. The highest BCUT2D eigenvalue weighted by molar-refractivity contribution is 5.46. The van der Waals surface area contributed by atoms with E-state index in [0.717, 1.165) is 17.9 Å². The first-order chi connectivity index (χ1) is 7.15. The molecule has 0 bridgehead atoms. The van der Waals surface area contributed by atoms with E-state index in [2.05, 4.69) is 12.2 Å². The van der Waals surface area contributed by atoms with Crippen LogP contribution in [0.4, 0.5) is 10.1 Å². The molecule has 1 unspecified atom stereocenters. The van der Waals surface area contributed by atoms with Crippen LogP contribution in [-0.4, -0.2) is 6.04 Å². The van der Waals surface area contributed by atoms with Crippen LogP contribution >= 0.6 is 0 Å². The zero-order valence-electron chi connectivity index (χ0n) is 9.39. The molecule has 0 amide bonds. The van der Waals surface area contributed by atoms with Crippen LogP contribution < -0.4 is 5.32 Å². The summed E-state index contributed by atoms with van der Waals surface area (Å²) in [6.07, 6.45) is 3.86. The molecule has 2 heteroatoms. The third kappa shape index (κ3) is 2.95. The highest BCUT2D eigenvalue weighted by Gasteiger charge is 2.23. The standard InChI is InChI=1S/C13H18FN/c1-9-3-6-13(12(14)7-9)15-10(2)8-11-4-5-11/h3,6-7,10-11,15H,4-5,8H2,1-2H3. The second-order valence-electron chi connectivity index (χ2n) is 4.71. The number of benzene rings is 1. The van der Waals surface area contributed by atoms with Crippen LogP contribution in [0.3, 0.4) is 0 Å². The maximum atomic E-state index is 13.5. The second-order valence-corrected chi connectivity index (χ2v) is 4.71. The SMILES string of the molecule is Cc1ccc(NC(C)CC2CC2)c(F)c1. The molecule has 0 radical (unpaired) electrons. The van der Waals surface area contributed by atoms with Crippen molar-refractivity contribution in [1.82, 2.24) is 0 Å². The lowest BCUT2D eigenvalue weighted by molar-refractivity contribution is 0.609. The predicted octanol–water partition coefficient (Wildman–Crippen LogP) is 3.73. The van der Waals surface area contributed by atoms with Gasteiger partial charge in [-0.2, -0.15) is 0 Å². The van der Waals surface area contributed by atoms with Gasteiger partial charge in [0.1, 0.15) is 5.82 Å². The van der Waals surface area contributed by atoms with E-state index in [1.165, 1.54) is 12.8 Å². The summed E-state index contributed by atoms with van der Waals surface area (Å²) in [7, 11) is 0. The molecule has 1 saturated carbocycles. The van der Waals surface area contributed by atoms with Crippen LogP contribution in [0.5, 0.6) is 0 Å². The Balaban J connectivity index is 1.96. The molecule has 0 heterocycles. The first-order valence-electron chi connectivity index (χ1n) is 5.68. The molecule has 1 aliphatic carbocycles. The van der Waals surface area contributed by atoms with Crippen LogP contribution in [0.2, 0.25) is 0 Å². The number of halogens is 1. The van der Waals surface area contributed by atoms with Crippen molar-refractivity contribution in [2.24, 2.45) is 5.92 Å². The molecule has 0 spiro atoms. The zero-order chi connectivity index (χ0) is 10.8. The van der Waals surface area contributed by atoms with Gasteiger partial charge >= 0.3 is 0 Å². The van der Waals surface area contributed by atoms with Crippen LogP contribution in [0, 0.1) is 18.7 Å². The van der Waals surface area contributed by atoms with Gasteiger partial charge in [-0.1, -0.05) is 18.9 Å². The van der Waals surface area contributed by atoms with Crippen LogP contribution in [-0.2, 0) is 0 Å². The first-order valence-corrected chi connectivity index (χ1v) is 5.68. The average Bonchev–Trinajstić information content (AvgIpc) is 2.94. The monoisotopic (exact) mass is 207 g/mol. The molecular formula is C13H18FN. The van der Waals surface area contributed by atoms with E-state index >= 15 is 0 Å². The summed E-state index contributed by atoms with van der Waals surface area (Å²) < 4.78 is 13.5. The van der Waals surface area contributed by atoms with Crippen molar-refractivity contribution in [2.45, 2.75) is 39.2 Å². The lowest BCUT2D eigenvalue weighted by atomic mass is 10.1. The van der Waals surface area contributed by atoms with E-state index in [-0.39, 0.29) is 5.82 Å². The molecule has 1 atom stereocenters. The minimum atomic E-state index is -0.141. The zero-order valence-corrected chi connectivity index (χ0v) is 9.39. The molecule has 1 aromatic rings. The number of aryl methyl sites for hydroxylation is 1. The minimum absolute atomic E-state index is 0.141. The Bertz CT molecular complexity index is 344. The Labute approximate surface area is 90.7 Å². The second kappa shape index (κ2) is 4.21.